The zero-order valence-electron chi connectivity index (χ0n) is 13.5. The summed E-state index contributed by atoms with van der Waals surface area (Å²) in [6.45, 7) is 1.81. The van der Waals surface area contributed by atoms with E-state index in [0.29, 0.717) is 5.69 Å². The number of H-pyrrole nitrogens is 1. The van der Waals surface area contributed by atoms with Crippen LogP contribution in [-0.2, 0) is 17.4 Å². The highest BCUT2D eigenvalue weighted by Gasteiger charge is 2.41. The molecule has 3 rings (SSSR count). The topological polar surface area (TPSA) is 69.2 Å². The third kappa shape index (κ3) is 3.68. The van der Waals surface area contributed by atoms with E-state index in [0.717, 1.165) is 11.8 Å². The van der Waals surface area contributed by atoms with Crippen LogP contribution in [0.3, 0.4) is 0 Å². The smallest absolute Gasteiger partial charge is 0.391 e. The van der Waals surface area contributed by atoms with E-state index in [1.165, 1.54) is 23.1 Å². The van der Waals surface area contributed by atoms with Crippen LogP contribution in [0.25, 0.3) is 0 Å². The minimum absolute atomic E-state index is 0.0121. The summed E-state index contributed by atoms with van der Waals surface area (Å²) < 4.78 is 39.9. The number of nitrogens with one attached hydrogen (secondary N) is 1. The normalized spacial score (nSPS) is 20.9. The molecule has 8 heteroatoms. The highest BCUT2D eigenvalue weighted by Crippen LogP contribution is 2.40. The second-order valence-electron chi connectivity index (χ2n) is 6.26. The summed E-state index contributed by atoms with van der Waals surface area (Å²) in [4.78, 5) is 13.9. The maximum atomic E-state index is 13.3. The molecule has 1 amide bonds. The fourth-order valence-electron chi connectivity index (χ4n) is 3.25. The summed E-state index contributed by atoms with van der Waals surface area (Å²) in [6.07, 6.45) is -5.31. The van der Waals surface area contributed by atoms with Crippen molar-refractivity contribution < 1.29 is 23.1 Å². The number of aliphatic hydroxyl groups is 1. The molecule has 0 radical (unpaired) electrons. The number of hydrogen-bond donors (Lipinski definition) is 2. The van der Waals surface area contributed by atoms with Gasteiger partial charge >= 0.3 is 6.18 Å². The lowest BCUT2D eigenvalue weighted by Crippen LogP contribution is -2.33. The molecule has 1 aromatic heterocycles. The maximum absolute atomic E-state index is 13.3. The first-order valence-electron chi connectivity index (χ1n) is 7.90. The summed E-state index contributed by atoms with van der Waals surface area (Å²) >= 11 is 0. The zero-order valence-corrected chi connectivity index (χ0v) is 13.5. The van der Waals surface area contributed by atoms with Gasteiger partial charge in [-0.2, -0.15) is 18.3 Å². The molecule has 1 fully saturated rings. The van der Waals surface area contributed by atoms with Gasteiger partial charge in [0.2, 0.25) is 5.91 Å². The Morgan fingerprint density at radius 1 is 1.40 bits per heavy atom. The Balaban J connectivity index is 1.89. The minimum Gasteiger partial charge on any atom is -0.391 e. The van der Waals surface area contributed by atoms with Gasteiger partial charge in [0.25, 0.3) is 0 Å². The molecule has 25 heavy (non-hydrogen) atoms. The van der Waals surface area contributed by atoms with Crippen molar-refractivity contribution in [3.63, 3.8) is 0 Å². The van der Waals surface area contributed by atoms with Gasteiger partial charge in [-0.15, -0.1) is 0 Å². The lowest BCUT2D eigenvalue weighted by Gasteiger charge is -2.27. The van der Waals surface area contributed by atoms with Crippen LogP contribution in [-0.4, -0.2) is 38.8 Å². The number of carbonyl (C=O) groups excluding carboxylic acids is 1. The number of aryl methyl sites for hydroxylation is 1. The molecule has 2 atom stereocenters. The van der Waals surface area contributed by atoms with Gasteiger partial charge < -0.3 is 10.0 Å². The van der Waals surface area contributed by atoms with Crippen molar-refractivity contribution in [1.82, 2.24) is 15.1 Å². The van der Waals surface area contributed by atoms with Gasteiger partial charge in [0.15, 0.2) is 0 Å². The van der Waals surface area contributed by atoms with Crippen LogP contribution in [0.4, 0.5) is 13.2 Å². The van der Waals surface area contributed by atoms with Crippen LogP contribution in [0.1, 0.15) is 35.0 Å². The molecule has 1 aliphatic heterocycles. The predicted octanol–water partition coefficient (Wildman–Crippen LogP) is 2.61. The van der Waals surface area contributed by atoms with Gasteiger partial charge in [-0.25, -0.2) is 0 Å². The number of rotatable bonds is 3. The number of hydrogen-bond acceptors (Lipinski definition) is 3. The van der Waals surface area contributed by atoms with E-state index < -0.39 is 23.9 Å². The molecule has 0 aliphatic carbocycles. The molecule has 2 heterocycles. The van der Waals surface area contributed by atoms with E-state index in [1.807, 2.05) is 0 Å². The van der Waals surface area contributed by atoms with Crippen molar-refractivity contribution in [1.29, 1.82) is 0 Å². The fourth-order valence-corrected chi connectivity index (χ4v) is 3.25. The largest absolute Gasteiger partial charge is 0.416 e. The second-order valence-corrected chi connectivity index (χ2v) is 6.26. The lowest BCUT2D eigenvalue weighted by molar-refractivity contribution is -0.140. The van der Waals surface area contributed by atoms with Crippen LogP contribution in [0, 0.1) is 6.92 Å². The molecule has 0 spiro atoms. The Hall–Kier alpha value is -2.35. The highest BCUT2D eigenvalue weighted by molar-refractivity contribution is 5.79. The number of carbonyl (C=O) groups is 1. The van der Waals surface area contributed by atoms with E-state index in [1.54, 1.807) is 13.0 Å². The molecule has 2 N–H and O–H groups in total. The molecule has 0 bridgehead atoms. The van der Waals surface area contributed by atoms with Crippen molar-refractivity contribution in [3.05, 3.63) is 52.8 Å². The van der Waals surface area contributed by atoms with E-state index in [2.05, 4.69) is 10.2 Å². The molecular formula is C17H18F3N3O2. The minimum atomic E-state index is -4.52. The van der Waals surface area contributed by atoms with E-state index in [9.17, 15) is 23.1 Å². The number of aliphatic hydroxyl groups excluding tert-OH is 1. The molecule has 1 aliphatic rings. The summed E-state index contributed by atoms with van der Waals surface area (Å²) in [6, 6.07) is 6.10. The number of β-amino-alcohol motifs (C(OH)–C–C–N with tert-alkyl or cyclic N) is 1. The number of nitrogens with zero attached hydrogens (tertiary/aromatic N) is 2. The first-order chi connectivity index (χ1) is 11.8. The second kappa shape index (κ2) is 6.51. The predicted molar refractivity (Wildman–Crippen MR) is 83.6 cm³/mol. The standard InChI is InChI=1S/C17H18F3N3O2/c1-10-6-11(22-21-10)7-16(25)23-9-12(24)8-15(23)13-4-2-3-5-14(13)17(18,19)20/h2-6,12,15,24H,7-9H2,1H3,(H,21,22). The average molecular weight is 353 g/mol. The van der Waals surface area contributed by atoms with Crippen LogP contribution < -0.4 is 0 Å². The van der Waals surface area contributed by atoms with Crippen molar-refractivity contribution in [2.45, 2.75) is 38.1 Å². The van der Waals surface area contributed by atoms with Gasteiger partial charge in [-0.05, 0) is 31.0 Å². The summed E-state index contributed by atoms with van der Waals surface area (Å²) in [5, 5.41) is 16.7. The number of aromatic amines is 1. The molecule has 2 unspecified atom stereocenters. The zero-order chi connectivity index (χ0) is 18.2. The summed E-state index contributed by atoms with van der Waals surface area (Å²) in [5.74, 6) is -0.356. The van der Waals surface area contributed by atoms with Gasteiger partial charge in [-0.1, -0.05) is 18.2 Å². The van der Waals surface area contributed by atoms with Crippen molar-refractivity contribution in [2.24, 2.45) is 0 Å². The quantitative estimate of drug-likeness (QED) is 0.891. The SMILES string of the molecule is Cc1cc(CC(=O)N2CC(O)CC2c2ccccc2C(F)(F)F)n[nH]1. The Morgan fingerprint density at radius 2 is 2.12 bits per heavy atom. The number of likely N-dealkylation sites (tertiary alicyclic amines) is 1. The van der Waals surface area contributed by atoms with Crippen molar-refractivity contribution in [2.75, 3.05) is 6.54 Å². The van der Waals surface area contributed by atoms with Gasteiger partial charge in [0.05, 0.1) is 29.8 Å². The van der Waals surface area contributed by atoms with E-state index in [-0.39, 0.29) is 30.9 Å². The highest BCUT2D eigenvalue weighted by atomic mass is 19.4. The first-order valence-corrected chi connectivity index (χ1v) is 7.90. The lowest BCUT2D eigenvalue weighted by atomic mass is 9.97. The summed E-state index contributed by atoms with van der Waals surface area (Å²) in [5.41, 5.74) is 0.551. The molecule has 0 saturated carbocycles. The average Bonchev–Trinajstić information content (AvgIpc) is 3.12. The molecule has 2 aromatic rings. The van der Waals surface area contributed by atoms with Crippen LogP contribution in [0.15, 0.2) is 30.3 Å². The molecule has 5 nitrogen and oxygen atoms in total. The monoisotopic (exact) mass is 353 g/mol. The van der Waals surface area contributed by atoms with Crippen LogP contribution in [0.2, 0.25) is 0 Å². The fraction of sp³-hybridized carbons (Fsp3) is 0.412. The number of halogens is 3. The molecule has 134 valence electrons. The maximum Gasteiger partial charge on any atom is 0.416 e. The van der Waals surface area contributed by atoms with E-state index in [4.69, 9.17) is 0 Å². The van der Waals surface area contributed by atoms with Gasteiger partial charge in [0, 0.05) is 12.2 Å². The third-order valence-electron chi connectivity index (χ3n) is 4.32. The molecular weight excluding hydrogens is 335 g/mol. The first kappa shape index (κ1) is 17.5. The van der Waals surface area contributed by atoms with Crippen LogP contribution in [0.5, 0.6) is 0 Å². The molecule has 1 aromatic carbocycles. The van der Waals surface area contributed by atoms with Gasteiger partial charge in [-0.3, -0.25) is 9.89 Å². The number of aromatic nitrogens is 2. The Kier molecular flexibility index (Phi) is 4.55. The van der Waals surface area contributed by atoms with Crippen molar-refractivity contribution in [3.8, 4) is 0 Å². The van der Waals surface area contributed by atoms with Crippen molar-refractivity contribution >= 4 is 5.91 Å². The van der Waals surface area contributed by atoms with E-state index >= 15 is 0 Å². The number of amides is 1. The molecule has 1 saturated heterocycles. The summed E-state index contributed by atoms with van der Waals surface area (Å²) in [7, 11) is 0. The Bertz CT molecular complexity index is 772. The van der Waals surface area contributed by atoms with Crippen LogP contribution >= 0.6 is 0 Å². The Labute approximate surface area is 142 Å². The number of benzene rings is 1. The Morgan fingerprint density at radius 3 is 2.76 bits per heavy atom. The number of alkyl halides is 3. The third-order valence-corrected chi connectivity index (χ3v) is 4.32. The van der Waals surface area contributed by atoms with Gasteiger partial charge in [0.1, 0.15) is 0 Å².